The Bertz CT molecular complexity index is 986. The van der Waals surface area contributed by atoms with Crippen LogP contribution in [-0.4, -0.2) is 34.9 Å². The number of aromatic carboxylic acids is 1. The third kappa shape index (κ3) is 7.23. The van der Waals surface area contributed by atoms with Crippen molar-refractivity contribution in [3.63, 3.8) is 0 Å². The highest BCUT2D eigenvalue weighted by molar-refractivity contribution is 5.87. The predicted octanol–water partition coefficient (Wildman–Crippen LogP) is 5.66. The summed E-state index contributed by atoms with van der Waals surface area (Å²) in [5.41, 5.74) is 1.78. The zero-order valence-electron chi connectivity index (χ0n) is 17.7. The predicted molar refractivity (Wildman–Crippen MR) is 120 cm³/mol. The van der Waals surface area contributed by atoms with E-state index in [-0.39, 0.29) is 23.1 Å². The third-order valence-electron chi connectivity index (χ3n) is 5.10. The molecule has 8 heteroatoms. The van der Waals surface area contributed by atoms with Gasteiger partial charge in [0.05, 0.1) is 11.3 Å². The van der Waals surface area contributed by atoms with Crippen LogP contribution in [-0.2, 0) is 11.2 Å². The number of aromatic hydroxyl groups is 1. The lowest BCUT2D eigenvalue weighted by Gasteiger charge is -2.18. The van der Waals surface area contributed by atoms with Gasteiger partial charge in [0.25, 0.3) is 0 Å². The van der Waals surface area contributed by atoms with Crippen molar-refractivity contribution >= 4 is 23.4 Å². The van der Waals surface area contributed by atoms with Crippen molar-refractivity contribution in [1.82, 2.24) is 5.32 Å². The smallest absolute Gasteiger partial charge is 0.407 e. The van der Waals surface area contributed by atoms with Crippen LogP contribution in [0.4, 0.5) is 16.2 Å². The molecule has 0 saturated heterocycles. The molecular weight excluding hydrogens is 410 g/mol. The first-order valence-corrected chi connectivity index (χ1v) is 10.7. The Morgan fingerprint density at radius 3 is 2.59 bits per heavy atom. The first-order valence-electron chi connectivity index (χ1n) is 10.7. The van der Waals surface area contributed by atoms with Gasteiger partial charge >= 0.3 is 12.1 Å². The molecule has 0 radical (unpaired) electrons. The lowest BCUT2D eigenvalue weighted by atomic mass is 10.0. The molecule has 1 atom stereocenters. The molecule has 8 nitrogen and oxygen atoms in total. The van der Waals surface area contributed by atoms with Gasteiger partial charge in [-0.1, -0.05) is 18.2 Å². The molecule has 2 aromatic carbocycles. The van der Waals surface area contributed by atoms with Crippen LogP contribution in [0.25, 0.3) is 0 Å². The Labute approximate surface area is 186 Å². The number of ether oxygens (including phenoxy) is 1. The number of nitrogens with one attached hydrogen (secondary N) is 1. The number of alkyl carbamates (subject to hydrolysis) is 1. The van der Waals surface area contributed by atoms with E-state index < -0.39 is 12.1 Å². The zero-order chi connectivity index (χ0) is 22.8. The molecule has 0 aromatic heterocycles. The number of carboxylic acid groups (broad SMARTS) is 1. The lowest BCUT2D eigenvalue weighted by Crippen LogP contribution is -2.30. The van der Waals surface area contributed by atoms with Crippen LogP contribution in [0.2, 0.25) is 0 Å². The molecule has 0 heterocycles. The number of nitrogens with zero attached hydrogens (tertiary/aromatic N) is 2. The molecule has 1 aliphatic rings. The second-order valence-electron chi connectivity index (χ2n) is 7.56. The molecule has 0 spiro atoms. The van der Waals surface area contributed by atoms with Gasteiger partial charge in [-0.2, -0.15) is 5.11 Å². The highest BCUT2D eigenvalue weighted by Gasteiger charge is 2.14. The molecule has 0 fully saturated rings. The van der Waals surface area contributed by atoms with Crippen LogP contribution in [0, 0.1) is 0 Å². The number of phenolic OH excluding ortho intramolecular Hbond substituents is 1. The molecule has 0 saturated carbocycles. The average molecular weight is 437 g/mol. The molecule has 3 N–H and O–H groups in total. The highest BCUT2D eigenvalue weighted by Crippen LogP contribution is 2.29. The maximum atomic E-state index is 12.1. The molecule has 32 heavy (non-hydrogen) atoms. The summed E-state index contributed by atoms with van der Waals surface area (Å²) >= 11 is 0. The van der Waals surface area contributed by atoms with Crippen LogP contribution >= 0.6 is 0 Å². The van der Waals surface area contributed by atoms with E-state index in [0.717, 1.165) is 37.7 Å². The third-order valence-corrected chi connectivity index (χ3v) is 5.10. The second kappa shape index (κ2) is 11.6. The summed E-state index contributed by atoms with van der Waals surface area (Å²) in [6.07, 6.45) is 9.07. The minimum absolute atomic E-state index is 0.0228. The van der Waals surface area contributed by atoms with Gasteiger partial charge in [0.15, 0.2) is 0 Å². The first-order chi connectivity index (χ1) is 15.5. The van der Waals surface area contributed by atoms with E-state index in [1.54, 1.807) is 12.1 Å². The van der Waals surface area contributed by atoms with Crippen molar-refractivity contribution in [2.75, 3.05) is 6.54 Å². The van der Waals surface area contributed by atoms with Crippen molar-refractivity contribution in [1.29, 1.82) is 0 Å². The molecule has 3 rings (SSSR count). The van der Waals surface area contributed by atoms with Gasteiger partial charge in [0, 0.05) is 6.54 Å². The van der Waals surface area contributed by atoms with Gasteiger partial charge in [-0.3, -0.25) is 0 Å². The Hall–Kier alpha value is -3.68. The number of carboxylic acids is 1. The van der Waals surface area contributed by atoms with Crippen LogP contribution in [0.5, 0.6) is 5.75 Å². The minimum Gasteiger partial charge on any atom is -0.506 e. The van der Waals surface area contributed by atoms with E-state index in [9.17, 15) is 14.7 Å². The Morgan fingerprint density at radius 2 is 1.81 bits per heavy atom. The Kier molecular flexibility index (Phi) is 8.36. The van der Waals surface area contributed by atoms with Crippen molar-refractivity contribution < 1.29 is 24.5 Å². The second-order valence-corrected chi connectivity index (χ2v) is 7.56. The standard InChI is InChI=1S/C24H27N3O5/c28-22-13-8-17(14-15-25-24(31)32-20-6-4-2-1-3-5-7-20)16-21(22)27-26-19-11-9-18(10-12-19)23(29)30/h1-2,8-13,16,20,28H,3-7,14-15H2,(H,25,31)(H,29,30)/b2-1+,27-26?. The molecule has 0 aliphatic heterocycles. The maximum Gasteiger partial charge on any atom is 0.407 e. The van der Waals surface area contributed by atoms with E-state index in [0.29, 0.717) is 18.7 Å². The number of carbonyl (C=O) groups excluding carboxylic acids is 1. The summed E-state index contributed by atoms with van der Waals surface area (Å²) < 4.78 is 5.52. The molecule has 1 unspecified atom stereocenters. The van der Waals surface area contributed by atoms with Crippen molar-refractivity contribution in [2.45, 2.75) is 44.6 Å². The minimum atomic E-state index is -1.02. The molecule has 168 valence electrons. The monoisotopic (exact) mass is 437 g/mol. The van der Waals surface area contributed by atoms with E-state index in [1.807, 2.05) is 0 Å². The van der Waals surface area contributed by atoms with Gasteiger partial charge in [0.1, 0.15) is 17.5 Å². The fourth-order valence-electron chi connectivity index (χ4n) is 3.33. The number of hydrogen-bond acceptors (Lipinski definition) is 6. The SMILES string of the molecule is O=C(NCCc1ccc(O)c(N=Nc2ccc(C(=O)O)cc2)c1)OC1CC/C=C/CCC1. The van der Waals surface area contributed by atoms with E-state index in [2.05, 4.69) is 27.7 Å². The van der Waals surface area contributed by atoms with Crippen LogP contribution in [0.1, 0.15) is 48.0 Å². The van der Waals surface area contributed by atoms with Gasteiger partial charge in [-0.05, 0) is 80.5 Å². The number of amides is 1. The summed E-state index contributed by atoms with van der Waals surface area (Å²) in [4.78, 5) is 23.0. The zero-order valence-corrected chi connectivity index (χ0v) is 17.7. The van der Waals surface area contributed by atoms with Gasteiger partial charge < -0.3 is 20.3 Å². The largest absolute Gasteiger partial charge is 0.506 e. The highest BCUT2D eigenvalue weighted by atomic mass is 16.6. The summed E-state index contributed by atoms with van der Waals surface area (Å²) in [7, 11) is 0. The van der Waals surface area contributed by atoms with Gasteiger partial charge in [-0.25, -0.2) is 9.59 Å². The number of hydrogen-bond donors (Lipinski definition) is 3. The number of rotatable bonds is 7. The maximum absolute atomic E-state index is 12.1. The summed E-state index contributed by atoms with van der Waals surface area (Å²) in [6.45, 7) is 0.392. The van der Waals surface area contributed by atoms with Crippen LogP contribution < -0.4 is 5.32 Å². The topological polar surface area (TPSA) is 121 Å². The van der Waals surface area contributed by atoms with Gasteiger partial charge in [0.2, 0.25) is 0 Å². The fourth-order valence-corrected chi connectivity index (χ4v) is 3.33. The van der Waals surface area contributed by atoms with Crippen molar-refractivity contribution in [3.05, 3.63) is 65.7 Å². The number of benzene rings is 2. The van der Waals surface area contributed by atoms with Crippen molar-refractivity contribution in [2.24, 2.45) is 10.2 Å². The average Bonchev–Trinajstić information content (AvgIpc) is 2.76. The lowest BCUT2D eigenvalue weighted by molar-refractivity contribution is 0.0696. The molecular formula is C24H27N3O5. The van der Waals surface area contributed by atoms with Crippen LogP contribution in [0.15, 0.2) is 64.8 Å². The molecule has 0 bridgehead atoms. The van der Waals surface area contributed by atoms with E-state index >= 15 is 0 Å². The van der Waals surface area contributed by atoms with E-state index in [1.165, 1.54) is 30.3 Å². The van der Waals surface area contributed by atoms with E-state index in [4.69, 9.17) is 9.84 Å². The normalized spacial score (nSPS) is 17.3. The first kappa shape index (κ1) is 23.0. The summed E-state index contributed by atoms with van der Waals surface area (Å²) in [5.74, 6) is -1.04. The molecule has 1 aliphatic carbocycles. The molecule has 1 amide bonds. The number of allylic oxidation sites excluding steroid dienone is 2. The number of phenols is 1. The quantitative estimate of drug-likeness (QED) is 0.381. The number of carbonyl (C=O) groups is 2. The fraction of sp³-hybridized carbons (Fsp3) is 0.333. The van der Waals surface area contributed by atoms with Gasteiger partial charge in [-0.15, -0.1) is 5.11 Å². The van der Waals surface area contributed by atoms with Crippen molar-refractivity contribution in [3.8, 4) is 5.75 Å². The van der Waals surface area contributed by atoms with Crippen LogP contribution in [0.3, 0.4) is 0 Å². The Balaban J connectivity index is 1.51. The molecule has 2 aromatic rings. The summed E-state index contributed by atoms with van der Waals surface area (Å²) in [5, 5.41) is 29.9. The Morgan fingerprint density at radius 1 is 1.03 bits per heavy atom. The summed E-state index contributed by atoms with van der Waals surface area (Å²) in [6, 6.07) is 10.9. The number of azo groups is 1.